The largest absolute Gasteiger partial charge is 0.545 e. The summed E-state index contributed by atoms with van der Waals surface area (Å²) in [4.78, 5) is 59.5. The van der Waals surface area contributed by atoms with E-state index in [9.17, 15) is 39.5 Å². The number of carbonyl (C=O) groups excluding carboxylic acids is 4. The molecule has 0 N–H and O–H groups in total. The minimum Gasteiger partial charge on any atom is -0.545 e. The first-order valence-corrected chi connectivity index (χ1v) is 11.7. The van der Waals surface area contributed by atoms with E-state index in [4.69, 9.17) is 4.74 Å². The van der Waals surface area contributed by atoms with E-state index in [-0.39, 0.29) is 29.5 Å². The fraction of sp³-hybridized carbons (Fsp3) is 0.308. The van der Waals surface area contributed by atoms with Crippen molar-refractivity contribution in [1.82, 2.24) is 4.90 Å². The molecule has 0 radical (unpaired) electrons. The highest BCUT2D eigenvalue weighted by molar-refractivity contribution is 6.14. The maximum Gasteiger partial charge on any atom is 0.270 e. The van der Waals surface area contributed by atoms with E-state index in [2.05, 4.69) is 0 Å². The third-order valence-corrected chi connectivity index (χ3v) is 5.33. The Hall–Kier alpha value is -4.42. The van der Waals surface area contributed by atoms with Crippen molar-refractivity contribution in [1.29, 1.82) is 0 Å². The number of nitro benzene ring substituents is 1. The summed E-state index contributed by atoms with van der Waals surface area (Å²) in [7, 11) is 0. The molecule has 0 spiro atoms. The first kappa shape index (κ1) is 29.8. The Kier molecular flexibility index (Phi) is 11.7. The predicted octanol–water partition coefficient (Wildman–Crippen LogP) is -0.0566. The molecule has 1 aliphatic heterocycles. The van der Waals surface area contributed by atoms with Crippen molar-refractivity contribution < 1.29 is 39.1 Å². The summed E-state index contributed by atoms with van der Waals surface area (Å²) < 4.78 is 5.33. The lowest BCUT2D eigenvalue weighted by Gasteiger charge is -2.30. The summed E-state index contributed by atoms with van der Waals surface area (Å²) in [5.41, 5.74) is 0.778. The number of carboxylic acids is 2. The summed E-state index contributed by atoms with van der Waals surface area (Å²) in [6.45, 7) is 5.06. The second-order valence-electron chi connectivity index (χ2n) is 8.06. The van der Waals surface area contributed by atoms with Crippen LogP contribution in [-0.2, 0) is 19.1 Å². The molecule has 3 rings (SSSR count). The molecule has 38 heavy (non-hydrogen) atoms. The number of carboxylic acid groups (broad SMARTS) is 2. The van der Waals surface area contributed by atoms with Gasteiger partial charge in [0.05, 0.1) is 47.9 Å². The zero-order valence-corrected chi connectivity index (χ0v) is 20.7. The number of hydrogen-bond donors (Lipinski definition) is 0. The number of carbonyl (C=O) groups is 4. The van der Waals surface area contributed by atoms with Crippen molar-refractivity contribution in [2.24, 2.45) is 0 Å². The van der Waals surface area contributed by atoms with Gasteiger partial charge in [-0.25, -0.2) is 0 Å². The average molecular weight is 526 g/mol. The van der Waals surface area contributed by atoms with Crippen LogP contribution in [0.4, 0.5) is 11.4 Å². The van der Waals surface area contributed by atoms with Crippen molar-refractivity contribution in [2.45, 2.75) is 13.3 Å². The minimum absolute atomic E-state index is 0.144. The Bertz CT molecular complexity index is 1160. The zero-order valence-electron chi connectivity index (χ0n) is 20.7. The number of nitrogens with zero attached hydrogens (tertiary/aromatic N) is 3. The van der Waals surface area contributed by atoms with Gasteiger partial charge < -0.3 is 29.4 Å². The molecule has 0 aliphatic carbocycles. The number of nitro groups is 1. The molecule has 2 aromatic carbocycles. The molecular formula is C26H27N3O9-2. The van der Waals surface area contributed by atoms with Gasteiger partial charge in [0.15, 0.2) is 5.78 Å². The Balaban J connectivity index is 0.000000550. The van der Waals surface area contributed by atoms with Crippen molar-refractivity contribution in [2.75, 3.05) is 44.3 Å². The van der Waals surface area contributed by atoms with Crippen LogP contribution in [0.3, 0.4) is 0 Å². The maximum atomic E-state index is 13.2. The Morgan fingerprint density at radius 1 is 1.00 bits per heavy atom. The van der Waals surface area contributed by atoms with Gasteiger partial charge in [-0.05, 0) is 24.6 Å². The monoisotopic (exact) mass is 525 g/mol. The van der Waals surface area contributed by atoms with Gasteiger partial charge in [-0.3, -0.25) is 24.6 Å². The van der Waals surface area contributed by atoms with E-state index in [1.54, 1.807) is 35.2 Å². The van der Waals surface area contributed by atoms with Crippen molar-refractivity contribution in [3.63, 3.8) is 0 Å². The Labute approximate surface area is 218 Å². The number of morpholine rings is 1. The first-order chi connectivity index (χ1) is 18.1. The van der Waals surface area contributed by atoms with Crippen LogP contribution in [0.1, 0.15) is 29.3 Å². The molecule has 12 heteroatoms. The standard InChI is InChI=1S/C22H25N3O5.C4H4O4/c1-2-10-24(21(26)16-23-11-13-30-14-12-23)20-9-8-18(25(28)29)15-19(20)22(27)17-6-4-3-5-7-17;5-3(6)1-2-4(7)8/h3-9,15H,2,10-14,16H2,1H3;1-2H,(H,5,6)(H,7,8)/p-2/b;2-1-. The topological polar surface area (TPSA) is 173 Å². The van der Waals surface area contributed by atoms with Gasteiger partial charge in [0, 0.05) is 37.3 Å². The lowest BCUT2D eigenvalue weighted by Crippen LogP contribution is -2.45. The van der Waals surface area contributed by atoms with Crippen molar-refractivity contribution in [3.8, 4) is 0 Å². The maximum absolute atomic E-state index is 13.2. The molecule has 0 saturated carbocycles. The quantitative estimate of drug-likeness (QED) is 0.177. The van der Waals surface area contributed by atoms with Gasteiger partial charge >= 0.3 is 0 Å². The SMILES string of the molecule is CCCN(C(=O)CN1CCOCC1)c1ccc([N+](=O)[O-])cc1C(=O)c1ccccc1.O=C([O-])/C=C\C(=O)[O-]. The van der Waals surface area contributed by atoms with Crippen LogP contribution in [0.5, 0.6) is 0 Å². The highest BCUT2D eigenvalue weighted by Gasteiger charge is 2.26. The van der Waals surface area contributed by atoms with Crippen molar-refractivity contribution in [3.05, 3.63) is 81.9 Å². The fourth-order valence-corrected chi connectivity index (χ4v) is 3.57. The van der Waals surface area contributed by atoms with E-state index in [1.165, 1.54) is 18.2 Å². The van der Waals surface area contributed by atoms with E-state index in [0.717, 1.165) is 0 Å². The van der Waals surface area contributed by atoms with Gasteiger partial charge in [0.1, 0.15) is 0 Å². The van der Waals surface area contributed by atoms with Crippen LogP contribution in [0.25, 0.3) is 0 Å². The number of ketones is 1. The summed E-state index contributed by atoms with van der Waals surface area (Å²) in [6, 6.07) is 12.7. The molecular weight excluding hydrogens is 498 g/mol. The fourth-order valence-electron chi connectivity index (χ4n) is 3.57. The van der Waals surface area contributed by atoms with Crippen LogP contribution in [0, 0.1) is 10.1 Å². The van der Waals surface area contributed by atoms with Gasteiger partial charge in [0.25, 0.3) is 5.69 Å². The van der Waals surface area contributed by atoms with E-state index in [0.29, 0.717) is 62.7 Å². The Morgan fingerprint density at radius 2 is 1.61 bits per heavy atom. The number of benzene rings is 2. The molecule has 1 aliphatic rings. The van der Waals surface area contributed by atoms with Gasteiger partial charge in [-0.15, -0.1) is 0 Å². The summed E-state index contributed by atoms with van der Waals surface area (Å²) >= 11 is 0. The lowest BCUT2D eigenvalue weighted by molar-refractivity contribution is -0.384. The number of amides is 1. The molecule has 1 amide bonds. The van der Waals surface area contributed by atoms with Gasteiger partial charge in [-0.2, -0.15) is 0 Å². The van der Waals surface area contributed by atoms with Crippen LogP contribution in [0.15, 0.2) is 60.7 Å². The average Bonchev–Trinajstić information content (AvgIpc) is 2.91. The summed E-state index contributed by atoms with van der Waals surface area (Å²) in [5, 5.41) is 30.1. The lowest BCUT2D eigenvalue weighted by atomic mass is 10.00. The normalized spacial score (nSPS) is 13.3. The number of anilines is 1. The highest BCUT2D eigenvalue weighted by Crippen LogP contribution is 2.28. The molecule has 202 valence electrons. The minimum atomic E-state index is -1.55. The van der Waals surface area contributed by atoms with E-state index < -0.39 is 16.9 Å². The molecule has 0 atom stereocenters. The van der Waals surface area contributed by atoms with Crippen LogP contribution in [0.2, 0.25) is 0 Å². The molecule has 12 nitrogen and oxygen atoms in total. The van der Waals surface area contributed by atoms with Gasteiger partial charge in [-0.1, -0.05) is 37.3 Å². The summed E-state index contributed by atoms with van der Waals surface area (Å²) in [5.74, 6) is -3.59. The van der Waals surface area contributed by atoms with Crippen LogP contribution >= 0.6 is 0 Å². The van der Waals surface area contributed by atoms with Crippen LogP contribution in [-0.4, -0.2) is 72.8 Å². The Morgan fingerprint density at radius 3 is 2.13 bits per heavy atom. The smallest absolute Gasteiger partial charge is 0.270 e. The summed E-state index contributed by atoms with van der Waals surface area (Å²) in [6.07, 6.45) is 1.45. The number of hydrogen-bond acceptors (Lipinski definition) is 10. The molecule has 0 bridgehead atoms. The molecule has 0 aromatic heterocycles. The van der Waals surface area contributed by atoms with E-state index >= 15 is 0 Å². The molecule has 1 fully saturated rings. The van der Waals surface area contributed by atoms with Crippen LogP contribution < -0.4 is 15.1 Å². The molecule has 0 unspecified atom stereocenters. The highest BCUT2D eigenvalue weighted by atomic mass is 16.6. The number of rotatable bonds is 10. The second kappa shape index (κ2) is 15.0. The molecule has 1 heterocycles. The second-order valence-corrected chi connectivity index (χ2v) is 8.06. The number of aliphatic carboxylic acids is 2. The van der Waals surface area contributed by atoms with Gasteiger partial charge in [0.2, 0.25) is 5.91 Å². The number of non-ortho nitro benzene ring substituents is 1. The molecule has 1 saturated heterocycles. The zero-order chi connectivity index (χ0) is 28.1. The van der Waals surface area contributed by atoms with Crippen molar-refractivity contribution >= 4 is 35.0 Å². The predicted molar refractivity (Wildman–Crippen MR) is 132 cm³/mol. The third-order valence-electron chi connectivity index (χ3n) is 5.33. The third kappa shape index (κ3) is 9.22. The molecule has 2 aromatic rings. The number of ether oxygens (including phenoxy) is 1. The van der Waals surface area contributed by atoms with E-state index in [1.807, 2.05) is 11.8 Å². The first-order valence-electron chi connectivity index (χ1n) is 11.7.